The molecule has 0 spiro atoms. The molecule has 1 aliphatic carbocycles. The highest BCUT2D eigenvalue weighted by Crippen LogP contribution is 2.46. The van der Waals surface area contributed by atoms with Crippen LogP contribution in [-0.2, 0) is 0 Å². The number of fused-ring (bicyclic) bond motifs is 2. The van der Waals surface area contributed by atoms with Crippen LogP contribution in [0.15, 0.2) is 60.7 Å². The van der Waals surface area contributed by atoms with Gasteiger partial charge in [0.15, 0.2) is 0 Å². The predicted octanol–water partition coefficient (Wildman–Crippen LogP) is 4.23. The minimum Gasteiger partial charge on any atom is -0.385 e. The molecule has 0 unspecified atom stereocenters. The van der Waals surface area contributed by atoms with Gasteiger partial charge in [0, 0.05) is 0 Å². The minimum absolute atomic E-state index is 0.818. The fourth-order valence-corrected chi connectivity index (χ4v) is 3.86. The zero-order valence-electron chi connectivity index (χ0n) is 11.8. The third-order valence-corrected chi connectivity index (χ3v) is 4.86. The van der Waals surface area contributed by atoms with E-state index in [0.29, 0.717) is 0 Å². The topological polar surface area (TPSA) is 40.5 Å². The quantitative estimate of drug-likeness (QED) is 0.475. The van der Waals surface area contributed by atoms with Gasteiger partial charge in [-0.2, -0.15) is 0 Å². The van der Waals surface area contributed by atoms with Crippen LogP contribution in [0.2, 0.25) is 0 Å². The first-order chi connectivity index (χ1) is 10.8. The second-order valence-electron chi connectivity index (χ2n) is 6.01. The highest BCUT2D eigenvalue weighted by molar-refractivity contribution is 6.20. The number of hydrogen-bond acceptors (Lipinski definition) is 2. The van der Waals surface area contributed by atoms with Gasteiger partial charge in [-0.15, -0.1) is 0 Å². The largest absolute Gasteiger partial charge is 0.385 e. The number of aliphatic hydroxyl groups is 2. The van der Waals surface area contributed by atoms with E-state index >= 15 is 0 Å². The Kier molecular flexibility index (Phi) is 2.25. The molecule has 5 rings (SSSR count). The highest BCUT2D eigenvalue weighted by atomic mass is 16.3. The molecular weight excluding hydrogens is 272 g/mol. The number of hydrogen-bond donors (Lipinski definition) is 2. The predicted molar refractivity (Wildman–Crippen MR) is 88.9 cm³/mol. The average Bonchev–Trinajstić information content (AvgIpc) is 2.57. The zero-order valence-corrected chi connectivity index (χ0v) is 11.8. The number of benzene rings is 4. The summed E-state index contributed by atoms with van der Waals surface area (Å²) in [5.74, 6) is 0. The van der Waals surface area contributed by atoms with E-state index in [-0.39, 0.29) is 0 Å². The molecule has 4 aromatic carbocycles. The Labute approximate surface area is 127 Å². The van der Waals surface area contributed by atoms with Gasteiger partial charge in [0.1, 0.15) is 12.2 Å². The third kappa shape index (κ3) is 1.36. The normalized spacial score (nSPS) is 20.3. The maximum Gasteiger partial charge on any atom is 0.110 e. The van der Waals surface area contributed by atoms with Crippen molar-refractivity contribution in [3.05, 3.63) is 71.8 Å². The third-order valence-electron chi connectivity index (χ3n) is 4.86. The van der Waals surface area contributed by atoms with E-state index in [4.69, 9.17) is 0 Å². The molecule has 0 aromatic heterocycles. The van der Waals surface area contributed by atoms with Crippen LogP contribution in [0.25, 0.3) is 32.3 Å². The molecule has 22 heavy (non-hydrogen) atoms. The Hall–Kier alpha value is -2.42. The van der Waals surface area contributed by atoms with Gasteiger partial charge >= 0.3 is 0 Å². The monoisotopic (exact) mass is 286 g/mol. The lowest BCUT2D eigenvalue weighted by molar-refractivity contribution is 0.0179. The average molecular weight is 286 g/mol. The van der Waals surface area contributed by atoms with Crippen molar-refractivity contribution < 1.29 is 10.2 Å². The molecule has 0 radical (unpaired) electrons. The van der Waals surface area contributed by atoms with Crippen LogP contribution in [-0.4, -0.2) is 10.2 Å². The fraction of sp³-hybridized carbons (Fsp3) is 0.100. The van der Waals surface area contributed by atoms with Crippen LogP contribution in [0.3, 0.4) is 0 Å². The lowest BCUT2D eigenvalue weighted by Gasteiger charge is -2.28. The molecular formula is C20H14O2. The summed E-state index contributed by atoms with van der Waals surface area (Å²) in [6.07, 6.45) is -1.75. The van der Waals surface area contributed by atoms with Crippen molar-refractivity contribution >= 4 is 32.3 Å². The molecule has 4 aromatic rings. The summed E-state index contributed by atoms with van der Waals surface area (Å²) in [5.41, 5.74) is 1.64. The summed E-state index contributed by atoms with van der Waals surface area (Å²) in [6, 6.07) is 20.3. The second kappa shape index (κ2) is 4.07. The van der Waals surface area contributed by atoms with E-state index in [1.165, 1.54) is 5.39 Å². The molecule has 2 N–H and O–H groups in total. The first kappa shape index (κ1) is 12.2. The second-order valence-corrected chi connectivity index (χ2v) is 6.01. The molecule has 2 nitrogen and oxygen atoms in total. The van der Waals surface area contributed by atoms with Gasteiger partial charge in [0.25, 0.3) is 0 Å². The SMILES string of the molecule is O[C@@H]1c2cc3ccccc3c3ccc4cccc(c4c23)[C@@H]1O. The Morgan fingerprint density at radius 3 is 2.27 bits per heavy atom. The van der Waals surface area contributed by atoms with Crippen molar-refractivity contribution in [3.63, 3.8) is 0 Å². The van der Waals surface area contributed by atoms with Gasteiger partial charge in [-0.1, -0.05) is 54.6 Å². The lowest BCUT2D eigenvalue weighted by Crippen LogP contribution is -2.15. The molecule has 0 amide bonds. The van der Waals surface area contributed by atoms with Crippen molar-refractivity contribution in [2.45, 2.75) is 12.2 Å². The molecule has 2 atom stereocenters. The molecule has 0 saturated carbocycles. The molecule has 2 heteroatoms. The molecule has 106 valence electrons. The van der Waals surface area contributed by atoms with Crippen LogP contribution in [0.5, 0.6) is 0 Å². The van der Waals surface area contributed by atoms with Crippen LogP contribution in [0.4, 0.5) is 0 Å². The molecule has 1 aliphatic rings. The van der Waals surface area contributed by atoms with E-state index in [1.54, 1.807) is 0 Å². The van der Waals surface area contributed by atoms with E-state index in [2.05, 4.69) is 30.3 Å². The van der Waals surface area contributed by atoms with Gasteiger partial charge in [-0.05, 0) is 49.5 Å². The summed E-state index contributed by atoms with van der Waals surface area (Å²) >= 11 is 0. The number of aliphatic hydroxyl groups excluding tert-OH is 2. The Balaban J connectivity index is 2.15. The summed E-state index contributed by atoms with van der Waals surface area (Å²) in [5, 5.41) is 27.8. The fourth-order valence-electron chi connectivity index (χ4n) is 3.86. The van der Waals surface area contributed by atoms with Gasteiger partial charge in [0.05, 0.1) is 0 Å². The van der Waals surface area contributed by atoms with Crippen LogP contribution < -0.4 is 0 Å². The van der Waals surface area contributed by atoms with Crippen molar-refractivity contribution in [2.75, 3.05) is 0 Å². The zero-order chi connectivity index (χ0) is 14.8. The van der Waals surface area contributed by atoms with Crippen molar-refractivity contribution in [1.29, 1.82) is 0 Å². The molecule has 0 fully saturated rings. The van der Waals surface area contributed by atoms with E-state index in [1.807, 2.05) is 30.3 Å². The molecule has 0 aliphatic heterocycles. The molecule has 0 heterocycles. The first-order valence-electron chi connectivity index (χ1n) is 7.49. The Morgan fingerprint density at radius 2 is 1.36 bits per heavy atom. The molecule has 0 saturated heterocycles. The van der Waals surface area contributed by atoms with E-state index < -0.39 is 12.2 Å². The summed E-state index contributed by atoms with van der Waals surface area (Å²) < 4.78 is 0. The van der Waals surface area contributed by atoms with Gasteiger partial charge in [-0.3, -0.25) is 0 Å². The van der Waals surface area contributed by atoms with Gasteiger partial charge < -0.3 is 10.2 Å². The Bertz CT molecular complexity index is 1070. The molecule has 0 bridgehead atoms. The van der Waals surface area contributed by atoms with Crippen molar-refractivity contribution in [2.24, 2.45) is 0 Å². The maximum atomic E-state index is 10.6. The van der Waals surface area contributed by atoms with Crippen LogP contribution in [0.1, 0.15) is 23.3 Å². The van der Waals surface area contributed by atoms with Crippen LogP contribution in [0, 0.1) is 0 Å². The van der Waals surface area contributed by atoms with E-state index in [9.17, 15) is 10.2 Å². The maximum absolute atomic E-state index is 10.6. The summed E-state index contributed by atoms with van der Waals surface area (Å²) in [6.45, 7) is 0. The first-order valence-corrected chi connectivity index (χ1v) is 7.49. The summed E-state index contributed by atoms with van der Waals surface area (Å²) in [4.78, 5) is 0. The Morgan fingerprint density at radius 1 is 0.591 bits per heavy atom. The van der Waals surface area contributed by atoms with Gasteiger partial charge in [0.2, 0.25) is 0 Å². The van der Waals surface area contributed by atoms with Crippen molar-refractivity contribution in [3.8, 4) is 0 Å². The van der Waals surface area contributed by atoms with Gasteiger partial charge in [-0.25, -0.2) is 0 Å². The standard InChI is InChI=1S/C20H14O2/c21-19-15-7-3-5-11-8-9-14-13-6-2-1-4-12(13)10-16(20(19)22)18(14)17(11)15/h1-10,19-22H/t19-,20+/m0/s1. The van der Waals surface area contributed by atoms with E-state index in [0.717, 1.165) is 38.1 Å². The van der Waals surface area contributed by atoms with Crippen LogP contribution >= 0.6 is 0 Å². The smallest absolute Gasteiger partial charge is 0.110 e. The number of rotatable bonds is 0. The highest BCUT2D eigenvalue weighted by Gasteiger charge is 2.30. The lowest BCUT2D eigenvalue weighted by atomic mass is 9.81. The summed E-state index contributed by atoms with van der Waals surface area (Å²) in [7, 11) is 0. The van der Waals surface area contributed by atoms with Crippen molar-refractivity contribution in [1.82, 2.24) is 0 Å². The minimum atomic E-state index is -0.882.